The fourth-order valence-electron chi connectivity index (χ4n) is 3.56. The van der Waals surface area contributed by atoms with Crippen molar-refractivity contribution in [2.45, 2.75) is 64.9 Å². The molecular formula is C21H32ClNO3. The van der Waals surface area contributed by atoms with Crippen molar-refractivity contribution in [2.75, 3.05) is 19.5 Å². The minimum absolute atomic E-state index is 0.0409. The van der Waals surface area contributed by atoms with Crippen molar-refractivity contribution < 1.29 is 14.3 Å². The molecule has 146 valence electrons. The Morgan fingerprint density at radius 1 is 1.27 bits per heavy atom. The van der Waals surface area contributed by atoms with Crippen molar-refractivity contribution in [3.05, 3.63) is 34.9 Å². The van der Waals surface area contributed by atoms with Crippen LogP contribution < -0.4 is 0 Å². The van der Waals surface area contributed by atoms with Gasteiger partial charge in [-0.05, 0) is 63.5 Å². The fourth-order valence-corrected chi connectivity index (χ4v) is 3.56. The number of alkyl halides is 1. The second-order valence-electron chi connectivity index (χ2n) is 7.76. The molecule has 1 saturated heterocycles. The summed E-state index contributed by atoms with van der Waals surface area (Å²) in [4.78, 5) is 25.7. The minimum atomic E-state index is -0.475. The summed E-state index contributed by atoms with van der Waals surface area (Å²) >= 11 is 4.64. The number of amides is 1. The highest BCUT2D eigenvalue weighted by molar-refractivity contribution is 6.15. The Bertz CT molecular complexity index is 614. The number of aryl methyl sites for hydroxylation is 1. The summed E-state index contributed by atoms with van der Waals surface area (Å²) in [5.74, 6) is 0. The number of rotatable bonds is 3. The van der Waals surface area contributed by atoms with Crippen LogP contribution in [-0.4, -0.2) is 42.4 Å². The minimum Gasteiger partial charge on any atom is -0.444 e. The molecule has 5 heteroatoms. The van der Waals surface area contributed by atoms with Gasteiger partial charge in [-0.25, -0.2) is 4.79 Å². The molecule has 26 heavy (non-hydrogen) atoms. The Kier molecular flexibility index (Phi) is 8.14. The molecule has 0 aliphatic carbocycles. The lowest BCUT2D eigenvalue weighted by molar-refractivity contribution is 0.0160. The van der Waals surface area contributed by atoms with Gasteiger partial charge >= 0.3 is 6.09 Å². The highest BCUT2D eigenvalue weighted by Gasteiger charge is 2.38. The van der Waals surface area contributed by atoms with Crippen LogP contribution in [0, 0.1) is 6.92 Å². The van der Waals surface area contributed by atoms with E-state index in [1.807, 2.05) is 39.8 Å². The summed E-state index contributed by atoms with van der Waals surface area (Å²) in [6.45, 7) is 11.1. The Labute approximate surface area is 162 Å². The van der Waals surface area contributed by atoms with E-state index in [0.29, 0.717) is 13.1 Å². The van der Waals surface area contributed by atoms with Gasteiger partial charge in [-0.1, -0.05) is 25.1 Å². The van der Waals surface area contributed by atoms with Crippen LogP contribution in [0.4, 0.5) is 4.79 Å². The zero-order valence-corrected chi connectivity index (χ0v) is 17.7. The lowest BCUT2D eigenvalue weighted by atomic mass is 9.69. The number of aldehydes is 1. The average Bonchev–Trinajstić information content (AvgIpc) is 2.62. The maximum atomic E-state index is 12.3. The second-order valence-corrected chi connectivity index (χ2v) is 7.76. The molecule has 1 aliphatic heterocycles. The number of likely N-dealkylation sites (tertiary alicyclic amines) is 1. The quantitative estimate of drug-likeness (QED) is 0.524. The highest BCUT2D eigenvalue weighted by atomic mass is 35.5. The van der Waals surface area contributed by atoms with Crippen LogP contribution in [0.15, 0.2) is 18.2 Å². The van der Waals surface area contributed by atoms with Crippen molar-refractivity contribution in [3.8, 4) is 0 Å². The van der Waals surface area contributed by atoms with Crippen LogP contribution in [0.5, 0.6) is 0 Å². The number of halogens is 1. The fraction of sp³-hybridized carbons (Fsp3) is 0.619. The van der Waals surface area contributed by atoms with Crippen LogP contribution in [0.2, 0.25) is 0 Å². The number of nitrogens with zero attached hydrogens (tertiary/aromatic N) is 1. The molecule has 0 saturated carbocycles. The maximum absolute atomic E-state index is 12.3. The molecular weight excluding hydrogens is 350 g/mol. The predicted octanol–water partition coefficient (Wildman–Crippen LogP) is 5.34. The first-order chi connectivity index (χ1) is 12.2. The van der Waals surface area contributed by atoms with Crippen LogP contribution in [0.25, 0.3) is 0 Å². The predicted molar refractivity (Wildman–Crippen MR) is 107 cm³/mol. The van der Waals surface area contributed by atoms with Gasteiger partial charge in [0.2, 0.25) is 0 Å². The van der Waals surface area contributed by atoms with Gasteiger partial charge in [-0.3, -0.25) is 4.79 Å². The topological polar surface area (TPSA) is 46.6 Å². The van der Waals surface area contributed by atoms with E-state index in [-0.39, 0.29) is 11.5 Å². The van der Waals surface area contributed by atoms with Crippen LogP contribution >= 0.6 is 11.6 Å². The standard InChI is InChI=1S/C20H29NO3.CH3Cl/c1-6-20(17-9-7-8-15(2)16(17)14-22)10-12-21(13-11-20)18(23)24-19(3,4)5;1-2/h7-9,14H,6,10-13H2,1-5H3;1H3. The first kappa shape index (κ1) is 22.5. The second kappa shape index (κ2) is 9.40. The van der Waals surface area contributed by atoms with E-state index in [2.05, 4.69) is 24.6 Å². The summed E-state index contributed by atoms with van der Waals surface area (Å²) in [6.07, 6.45) is 4.87. The van der Waals surface area contributed by atoms with Gasteiger partial charge < -0.3 is 9.64 Å². The summed E-state index contributed by atoms with van der Waals surface area (Å²) in [5, 5.41) is 0. The number of piperidine rings is 1. The molecule has 1 aromatic rings. The molecule has 1 heterocycles. The third-order valence-electron chi connectivity index (χ3n) is 5.06. The first-order valence-electron chi connectivity index (χ1n) is 9.13. The lowest BCUT2D eigenvalue weighted by Crippen LogP contribution is -2.47. The van der Waals surface area contributed by atoms with Gasteiger partial charge in [-0.15, -0.1) is 11.6 Å². The van der Waals surface area contributed by atoms with E-state index in [1.54, 1.807) is 4.90 Å². The summed E-state index contributed by atoms with van der Waals surface area (Å²) < 4.78 is 5.48. The molecule has 4 nitrogen and oxygen atoms in total. The van der Waals surface area contributed by atoms with E-state index in [0.717, 1.165) is 42.2 Å². The van der Waals surface area contributed by atoms with E-state index < -0.39 is 5.60 Å². The number of hydrogen-bond acceptors (Lipinski definition) is 3. The van der Waals surface area contributed by atoms with E-state index in [1.165, 1.54) is 6.38 Å². The molecule has 1 fully saturated rings. The largest absolute Gasteiger partial charge is 0.444 e. The first-order valence-corrected chi connectivity index (χ1v) is 9.89. The zero-order chi connectivity index (χ0) is 20.0. The zero-order valence-electron chi connectivity index (χ0n) is 16.9. The number of carbonyl (C=O) groups excluding carboxylic acids is 2. The van der Waals surface area contributed by atoms with Crippen LogP contribution in [0.3, 0.4) is 0 Å². The summed E-state index contributed by atoms with van der Waals surface area (Å²) in [7, 11) is 0. The average molecular weight is 382 g/mol. The SMILES string of the molecule is CCC1(c2cccc(C)c2C=O)CCN(C(=O)OC(C)(C)C)CC1.CCl. The summed E-state index contributed by atoms with van der Waals surface area (Å²) in [6, 6.07) is 6.07. The third-order valence-corrected chi connectivity index (χ3v) is 5.06. The van der Waals surface area contributed by atoms with Gasteiger partial charge in [0, 0.05) is 25.0 Å². The number of ether oxygens (including phenoxy) is 1. The number of hydrogen-bond donors (Lipinski definition) is 0. The molecule has 1 amide bonds. The molecule has 0 unspecified atom stereocenters. The van der Waals surface area contributed by atoms with Gasteiger partial charge in [0.05, 0.1) is 0 Å². The highest BCUT2D eigenvalue weighted by Crippen LogP contribution is 2.40. The lowest BCUT2D eigenvalue weighted by Gasteiger charge is -2.42. The molecule has 0 spiro atoms. The molecule has 1 aliphatic rings. The summed E-state index contributed by atoms with van der Waals surface area (Å²) in [5.41, 5.74) is 2.44. The van der Waals surface area contributed by atoms with Crippen LogP contribution in [-0.2, 0) is 10.2 Å². The van der Waals surface area contributed by atoms with E-state index >= 15 is 0 Å². The molecule has 1 aromatic carbocycles. The third kappa shape index (κ3) is 5.23. The van der Waals surface area contributed by atoms with Crippen molar-refractivity contribution in [1.29, 1.82) is 0 Å². The Morgan fingerprint density at radius 2 is 1.85 bits per heavy atom. The molecule has 0 atom stereocenters. The normalized spacial score (nSPS) is 16.3. The Balaban J connectivity index is 0.00000163. The van der Waals surface area contributed by atoms with Crippen molar-refractivity contribution in [3.63, 3.8) is 0 Å². The van der Waals surface area contributed by atoms with Gasteiger partial charge in [0.15, 0.2) is 6.29 Å². The van der Waals surface area contributed by atoms with E-state index in [4.69, 9.17) is 4.74 Å². The monoisotopic (exact) mass is 381 g/mol. The Morgan fingerprint density at radius 3 is 2.31 bits per heavy atom. The maximum Gasteiger partial charge on any atom is 0.410 e. The molecule has 0 radical (unpaired) electrons. The Hall–Kier alpha value is -1.55. The van der Waals surface area contributed by atoms with Gasteiger partial charge in [0.25, 0.3) is 0 Å². The smallest absolute Gasteiger partial charge is 0.410 e. The molecule has 0 aromatic heterocycles. The number of carbonyl (C=O) groups is 2. The van der Waals surface area contributed by atoms with Crippen molar-refractivity contribution in [1.82, 2.24) is 4.90 Å². The molecule has 0 bridgehead atoms. The van der Waals surface area contributed by atoms with Gasteiger partial charge in [0.1, 0.15) is 5.60 Å². The van der Waals surface area contributed by atoms with Gasteiger partial charge in [-0.2, -0.15) is 0 Å². The van der Waals surface area contributed by atoms with Crippen molar-refractivity contribution >= 4 is 24.0 Å². The molecule has 2 rings (SSSR count). The van der Waals surface area contributed by atoms with Crippen molar-refractivity contribution in [2.24, 2.45) is 0 Å². The molecule has 0 N–H and O–H groups in total. The van der Waals surface area contributed by atoms with E-state index in [9.17, 15) is 9.59 Å². The van der Waals surface area contributed by atoms with Crippen LogP contribution in [0.1, 0.15) is 68.4 Å². The number of benzene rings is 1.